The van der Waals surface area contributed by atoms with Crippen LogP contribution in [0, 0.1) is 0 Å². The number of rotatable bonds is 14. The maximum atomic E-state index is 14.6. The highest BCUT2D eigenvalue weighted by molar-refractivity contribution is 7.99. The van der Waals surface area contributed by atoms with Gasteiger partial charge in [0, 0.05) is 23.6 Å². The summed E-state index contributed by atoms with van der Waals surface area (Å²) >= 11 is 1.15. The monoisotopic (exact) mass is 710 g/mol. The van der Waals surface area contributed by atoms with E-state index in [0.717, 1.165) is 60.7 Å². The van der Waals surface area contributed by atoms with E-state index in [1.165, 1.54) is 23.3 Å². The van der Waals surface area contributed by atoms with Crippen molar-refractivity contribution in [2.45, 2.75) is 82.5 Å². The average Bonchev–Trinajstić information content (AvgIpc) is 3.10. The fourth-order valence-electron chi connectivity index (χ4n) is 5.86. The van der Waals surface area contributed by atoms with Gasteiger partial charge in [0.25, 0.3) is 5.91 Å². The molecule has 1 aromatic heterocycles. The van der Waals surface area contributed by atoms with E-state index in [4.69, 9.17) is 4.84 Å². The first kappa shape index (κ1) is 37.0. The average molecular weight is 711 g/mol. The largest absolute Gasteiger partial charge is 0.416 e. The van der Waals surface area contributed by atoms with Gasteiger partial charge in [0.2, 0.25) is 0 Å². The molecule has 5 rings (SSSR count). The lowest BCUT2D eigenvalue weighted by molar-refractivity contribution is -0.213. The molecule has 1 amide bonds. The minimum Gasteiger partial charge on any atom is -0.326 e. The van der Waals surface area contributed by atoms with Crippen LogP contribution in [-0.4, -0.2) is 33.6 Å². The maximum Gasteiger partial charge on any atom is 0.416 e. The van der Waals surface area contributed by atoms with E-state index in [-0.39, 0.29) is 48.3 Å². The van der Waals surface area contributed by atoms with E-state index >= 15 is 0 Å². The second-order valence-electron chi connectivity index (χ2n) is 12.2. The van der Waals surface area contributed by atoms with Gasteiger partial charge in [0.15, 0.2) is 11.6 Å². The summed E-state index contributed by atoms with van der Waals surface area (Å²) in [6, 6.07) is 20.5. The molecule has 0 radical (unpaired) electrons. The number of fused-ring (bicyclic) bond motifs is 1. The molecule has 11 heteroatoms. The van der Waals surface area contributed by atoms with Gasteiger partial charge in [-0.3, -0.25) is 14.4 Å². The van der Waals surface area contributed by atoms with Crippen molar-refractivity contribution in [3.63, 3.8) is 0 Å². The zero-order valence-corrected chi connectivity index (χ0v) is 28.7. The number of benzene rings is 3. The number of nitrogens with zero attached hydrogens (tertiary/aromatic N) is 2. The zero-order chi connectivity index (χ0) is 35.8. The highest BCUT2D eigenvalue weighted by Crippen LogP contribution is 2.32. The maximum absolute atomic E-state index is 14.6. The highest BCUT2D eigenvalue weighted by Gasteiger charge is 2.30. The van der Waals surface area contributed by atoms with Crippen LogP contribution in [0.5, 0.6) is 0 Å². The van der Waals surface area contributed by atoms with Crippen LogP contribution >= 0.6 is 11.8 Å². The summed E-state index contributed by atoms with van der Waals surface area (Å²) in [4.78, 5) is 33.7. The predicted molar refractivity (Wildman–Crippen MR) is 188 cm³/mol. The number of hydrogen-bond donors (Lipinski definition) is 0. The number of hydrogen-bond acceptors (Lipinski definition) is 4. The summed E-state index contributed by atoms with van der Waals surface area (Å²) < 4.78 is 69.5. The van der Waals surface area contributed by atoms with Gasteiger partial charge in [0.1, 0.15) is 12.4 Å². The van der Waals surface area contributed by atoms with Gasteiger partial charge in [-0.15, -0.1) is 11.8 Å². The smallest absolute Gasteiger partial charge is 0.326 e. The number of carbonyl (C=O) groups is 1. The van der Waals surface area contributed by atoms with Crippen LogP contribution in [0.2, 0.25) is 0 Å². The Kier molecular flexibility index (Phi) is 12.3. The molecule has 1 atom stereocenters. The van der Waals surface area contributed by atoms with Gasteiger partial charge in [-0.1, -0.05) is 87.4 Å². The number of alkyl halides is 4. The molecular weight excluding hydrogens is 671 g/mol. The second-order valence-corrected chi connectivity index (χ2v) is 13.2. The van der Waals surface area contributed by atoms with Gasteiger partial charge in [-0.05, 0) is 59.4 Å². The Bertz CT molecular complexity index is 1900. The molecule has 3 aromatic carbocycles. The lowest BCUT2D eigenvalue weighted by Gasteiger charge is -2.28. The fourth-order valence-corrected chi connectivity index (χ4v) is 6.91. The van der Waals surface area contributed by atoms with Gasteiger partial charge in [0.05, 0.1) is 28.8 Å². The summed E-state index contributed by atoms with van der Waals surface area (Å²) in [6.45, 7) is 3.98. The quantitative estimate of drug-likeness (QED) is 0.0743. The number of para-hydroxylation sites is 1. The van der Waals surface area contributed by atoms with Crippen LogP contribution in [0.4, 0.5) is 22.0 Å². The lowest BCUT2D eigenvalue weighted by atomic mass is 10.0. The van der Waals surface area contributed by atoms with E-state index in [9.17, 15) is 31.5 Å². The van der Waals surface area contributed by atoms with Crippen molar-refractivity contribution < 1.29 is 31.6 Å². The first-order valence-corrected chi connectivity index (χ1v) is 17.6. The number of hydroxylamine groups is 2. The standard InChI is InChI=1S/C39H39F5N2O3S/c1-3-8-31(9-4-2)49-46(23-26-14-16-27(17-15-26)28-18-20-30(21-19-28)39(42,43)44)36(48)24-45-34-13-6-5-11-32(34)35(47)22-37(45)50-25-29-10-7-12-33(40)38(29)41/h5-7,10-11,13-22,31,33H,3-4,8-9,12,23-25H2,1-2H3. The van der Waals surface area contributed by atoms with Crippen molar-refractivity contribution in [2.24, 2.45) is 0 Å². The molecule has 0 fully saturated rings. The predicted octanol–water partition coefficient (Wildman–Crippen LogP) is 10.2. The van der Waals surface area contributed by atoms with Crippen molar-refractivity contribution in [3.05, 3.63) is 124 Å². The van der Waals surface area contributed by atoms with Crippen molar-refractivity contribution in [2.75, 3.05) is 5.75 Å². The molecule has 0 saturated carbocycles. The van der Waals surface area contributed by atoms with Gasteiger partial charge < -0.3 is 4.57 Å². The molecular formula is C39H39F5N2O3S. The molecule has 1 aliphatic rings. The summed E-state index contributed by atoms with van der Waals surface area (Å²) in [6.07, 6.45) is -0.0882. The van der Waals surface area contributed by atoms with Crippen LogP contribution in [0.15, 0.2) is 112 Å². The number of pyridine rings is 1. The summed E-state index contributed by atoms with van der Waals surface area (Å²) in [7, 11) is 0. The Labute approximate surface area is 292 Å². The van der Waals surface area contributed by atoms with Gasteiger partial charge in [-0.2, -0.15) is 13.2 Å². The third-order valence-corrected chi connectivity index (χ3v) is 9.58. The molecule has 4 aromatic rings. The van der Waals surface area contributed by atoms with E-state index in [2.05, 4.69) is 0 Å². The highest BCUT2D eigenvalue weighted by atomic mass is 32.2. The number of halogens is 5. The van der Waals surface area contributed by atoms with Crippen molar-refractivity contribution >= 4 is 28.6 Å². The van der Waals surface area contributed by atoms with Crippen molar-refractivity contribution in [1.82, 2.24) is 9.63 Å². The lowest BCUT2D eigenvalue weighted by Crippen LogP contribution is -2.37. The molecule has 0 N–H and O–H groups in total. The Morgan fingerprint density at radius 3 is 2.26 bits per heavy atom. The van der Waals surface area contributed by atoms with Crippen LogP contribution < -0.4 is 5.43 Å². The summed E-state index contributed by atoms with van der Waals surface area (Å²) in [5, 5.41) is 2.18. The second kappa shape index (κ2) is 16.7. The third kappa shape index (κ3) is 9.11. The van der Waals surface area contributed by atoms with Crippen molar-refractivity contribution in [3.8, 4) is 11.1 Å². The Morgan fingerprint density at radius 1 is 0.980 bits per heavy atom. The molecule has 1 heterocycles. The molecule has 0 bridgehead atoms. The first-order valence-electron chi connectivity index (χ1n) is 16.7. The molecule has 0 saturated heterocycles. The van der Waals surface area contributed by atoms with Crippen LogP contribution in [0.3, 0.4) is 0 Å². The third-order valence-electron chi connectivity index (χ3n) is 8.50. The fraction of sp³-hybridized carbons (Fsp3) is 0.333. The molecule has 5 nitrogen and oxygen atoms in total. The van der Waals surface area contributed by atoms with E-state index in [0.29, 0.717) is 21.5 Å². The SMILES string of the molecule is CCCC(CCC)ON(Cc1ccc(-c2ccc(C(F)(F)F)cc2)cc1)C(=O)Cn1c(SCC2=C(F)C(F)CC=C2)cc(=O)c2ccccc21. The van der Waals surface area contributed by atoms with E-state index in [1.807, 2.05) is 13.8 Å². The molecule has 0 aliphatic heterocycles. The molecule has 50 heavy (non-hydrogen) atoms. The summed E-state index contributed by atoms with van der Waals surface area (Å²) in [5.41, 5.74) is 1.82. The van der Waals surface area contributed by atoms with Crippen LogP contribution in [0.25, 0.3) is 22.0 Å². The normalized spacial score (nSPS) is 14.9. The number of thioether (sulfide) groups is 1. The number of amides is 1. The molecule has 1 aliphatic carbocycles. The van der Waals surface area contributed by atoms with Gasteiger partial charge >= 0.3 is 6.18 Å². The molecule has 0 spiro atoms. The Balaban J connectivity index is 1.44. The topological polar surface area (TPSA) is 51.5 Å². The van der Waals surface area contributed by atoms with Crippen LogP contribution in [0.1, 0.15) is 57.1 Å². The molecule has 1 unspecified atom stereocenters. The molecule has 264 valence electrons. The van der Waals surface area contributed by atoms with Crippen molar-refractivity contribution in [1.29, 1.82) is 0 Å². The Morgan fingerprint density at radius 2 is 1.62 bits per heavy atom. The van der Waals surface area contributed by atoms with Gasteiger partial charge in [-0.25, -0.2) is 13.8 Å². The minimum atomic E-state index is -4.42. The van der Waals surface area contributed by atoms with Crippen LogP contribution in [-0.2, 0) is 28.9 Å². The first-order chi connectivity index (χ1) is 24.0. The summed E-state index contributed by atoms with van der Waals surface area (Å²) in [5.74, 6) is -1.14. The zero-order valence-electron chi connectivity index (χ0n) is 27.9. The van der Waals surface area contributed by atoms with E-state index < -0.39 is 23.7 Å². The Hall–Kier alpha value is -4.22. The minimum absolute atomic E-state index is 0.0279. The van der Waals surface area contributed by atoms with E-state index in [1.54, 1.807) is 65.3 Å². The number of carbonyl (C=O) groups excluding carboxylic acids is 1. The number of allylic oxidation sites excluding steroid dienone is 3. The number of aromatic nitrogens is 1.